The van der Waals surface area contributed by atoms with Crippen molar-refractivity contribution in [3.8, 4) is 5.75 Å². The minimum absolute atomic E-state index is 0.900. The first kappa shape index (κ1) is 12.3. The van der Waals surface area contributed by atoms with Gasteiger partial charge >= 0.3 is 0 Å². The highest BCUT2D eigenvalue weighted by molar-refractivity contribution is 7.99. The van der Waals surface area contributed by atoms with Crippen LogP contribution in [-0.2, 0) is 0 Å². The van der Waals surface area contributed by atoms with Gasteiger partial charge in [-0.1, -0.05) is 17.8 Å². The molecule has 0 aliphatic heterocycles. The van der Waals surface area contributed by atoms with Crippen LogP contribution in [0.1, 0.15) is 0 Å². The Kier molecular flexibility index (Phi) is 3.97. The highest BCUT2D eigenvalue weighted by Crippen LogP contribution is 2.38. The number of thiophene rings is 1. The molecule has 17 heavy (non-hydrogen) atoms. The van der Waals surface area contributed by atoms with Gasteiger partial charge in [0, 0.05) is 34.6 Å². The van der Waals surface area contributed by atoms with E-state index in [1.165, 1.54) is 15.5 Å². The largest absolute Gasteiger partial charge is 0.497 e. The maximum absolute atomic E-state index is 5.23. The van der Waals surface area contributed by atoms with Crippen molar-refractivity contribution in [2.75, 3.05) is 26.1 Å². The fourth-order valence-electron chi connectivity index (χ4n) is 1.47. The van der Waals surface area contributed by atoms with E-state index >= 15 is 0 Å². The molecule has 2 rings (SSSR count). The summed E-state index contributed by atoms with van der Waals surface area (Å²) >= 11 is 3.50. The Morgan fingerprint density at radius 3 is 2.76 bits per heavy atom. The molecule has 2 nitrogen and oxygen atoms in total. The van der Waals surface area contributed by atoms with E-state index < -0.39 is 0 Å². The van der Waals surface area contributed by atoms with Gasteiger partial charge in [0.15, 0.2) is 0 Å². The van der Waals surface area contributed by atoms with Crippen LogP contribution in [0.15, 0.2) is 44.8 Å². The predicted molar refractivity (Wildman–Crippen MR) is 75.8 cm³/mol. The van der Waals surface area contributed by atoms with Gasteiger partial charge in [0.2, 0.25) is 0 Å². The van der Waals surface area contributed by atoms with Gasteiger partial charge in [-0.15, -0.1) is 11.3 Å². The lowest BCUT2D eigenvalue weighted by atomic mass is 10.3. The fraction of sp³-hybridized carbons (Fsp3) is 0.231. The Balaban J connectivity index is 2.22. The average Bonchev–Trinajstić information content (AvgIpc) is 2.77. The van der Waals surface area contributed by atoms with Crippen molar-refractivity contribution in [3.63, 3.8) is 0 Å². The number of anilines is 1. The minimum atomic E-state index is 0.900. The summed E-state index contributed by atoms with van der Waals surface area (Å²) in [5.41, 5.74) is 1.27. The van der Waals surface area contributed by atoms with Crippen LogP contribution in [0.5, 0.6) is 5.75 Å². The number of nitrogens with zero attached hydrogens (tertiary/aromatic N) is 1. The third-order valence-electron chi connectivity index (χ3n) is 2.36. The summed E-state index contributed by atoms with van der Waals surface area (Å²) < 4.78 is 5.23. The number of rotatable bonds is 4. The molecular weight excluding hydrogens is 250 g/mol. The Hall–Kier alpha value is -1.13. The first-order valence-electron chi connectivity index (χ1n) is 5.26. The molecule has 1 aromatic heterocycles. The maximum atomic E-state index is 5.23. The molecule has 0 aliphatic rings. The first-order chi connectivity index (χ1) is 8.20. The molecule has 0 fully saturated rings. The van der Waals surface area contributed by atoms with Crippen LogP contribution in [0.3, 0.4) is 0 Å². The topological polar surface area (TPSA) is 12.5 Å². The summed E-state index contributed by atoms with van der Waals surface area (Å²) in [4.78, 5) is 4.62. The zero-order chi connectivity index (χ0) is 12.3. The van der Waals surface area contributed by atoms with Crippen molar-refractivity contribution in [2.24, 2.45) is 0 Å². The van der Waals surface area contributed by atoms with E-state index in [-0.39, 0.29) is 0 Å². The molecule has 90 valence electrons. The standard InChI is InChI=1S/C13H15NOS2/c1-14(2)12-8-16-9-13(12)17-11-6-4-5-10(7-11)15-3/h4-9H,1-3H3. The Labute approximate surface area is 110 Å². The smallest absolute Gasteiger partial charge is 0.119 e. The van der Waals surface area contributed by atoms with Crippen molar-refractivity contribution in [1.29, 1.82) is 0 Å². The van der Waals surface area contributed by atoms with Crippen LogP contribution in [-0.4, -0.2) is 21.2 Å². The molecule has 0 amide bonds. The Morgan fingerprint density at radius 1 is 1.24 bits per heavy atom. The normalized spacial score (nSPS) is 10.3. The number of benzene rings is 1. The van der Waals surface area contributed by atoms with Gasteiger partial charge in [0.05, 0.1) is 12.8 Å². The summed E-state index contributed by atoms with van der Waals surface area (Å²) in [5.74, 6) is 0.900. The third kappa shape index (κ3) is 2.96. The van der Waals surface area contributed by atoms with E-state index in [9.17, 15) is 0 Å². The molecule has 0 bridgehead atoms. The quantitative estimate of drug-likeness (QED) is 0.830. The molecule has 0 spiro atoms. The van der Waals surface area contributed by atoms with Gasteiger partial charge in [0.25, 0.3) is 0 Å². The van der Waals surface area contributed by atoms with Gasteiger partial charge in [-0.05, 0) is 18.2 Å². The lowest BCUT2D eigenvalue weighted by molar-refractivity contribution is 0.413. The Morgan fingerprint density at radius 2 is 2.06 bits per heavy atom. The van der Waals surface area contributed by atoms with E-state index in [1.807, 2.05) is 12.1 Å². The second-order valence-corrected chi connectivity index (χ2v) is 5.66. The summed E-state index contributed by atoms with van der Waals surface area (Å²) in [6.45, 7) is 0. The SMILES string of the molecule is COc1cccc(Sc2cscc2N(C)C)c1. The number of ether oxygens (including phenoxy) is 1. The molecule has 0 aliphatic carbocycles. The van der Waals surface area contributed by atoms with Crippen LogP contribution in [0.25, 0.3) is 0 Å². The molecular formula is C13H15NOS2. The van der Waals surface area contributed by atoms with Crippen LogP contribution in [0.4, 0.5) is 5.69 Å². The summed E-state index contributed by atoms with van der Waals surface area (Å²) in [7, 11) is 5.83. The van der Waals surface area contributed by atoms with Crippen molar-refractivity contribution < 1.29 is 4.74 Å². The highest BCUT2D eigenvalue weighted by atomic mass is 32.2. The van der Waals surface area contributed by atoms with E-state index in [2.05, 4.69) is 41.9 Å². The maximum Gasteiger partial charge on any atom is 0.119 e. The van der Waals surface area contributed by atoms with Gasteiger partial charge in [-0.3, -0.25) is 0 Å². The van der Waals surface area contributed by atoms with Crippen LogP contribution in [0, 0.1) is 0 Å². The zero-order valence-corrected chi connectivity index (χ0v) is 11.8. The Bertz CT molecular complexity index is 494. The molecule has 0 atom stereocenters. The molecule has 0 radical (unpaired) electrons. The molecule has 2 aromatic rings. The van der Waals surface area contributed by atoms with E-state index in [0.29, 0.717) is 0 Å². The minimum Gasteiger partial charge on any atom is -0.497 e. The molecule has 0 saturated carbocycles. The molecule has 0 N–H and O–H groups in total. The van der Waals surface area contributed by atoms with Crippen molar-refractivity contribution >= 4 is 28.8 Å². The summed E-state index contributed by atoms with van der Waals surface area (Å²) in [6, 6.07) is 8.14. The lowest BCUT2D eigenvalue weighted by Crippen LogP contribution is -2.07. The average molecular weight is 265 g/mol. The highest BCUT2D eigenvalue weighted by Gasteiger charge is 2.07. The zero-order valence-electron chi connectivity index (χ0n) is 10.1. The second kappa shape index (κ2) is 5.47. The third-order valence-corrected chi connectivity index (χ3v) is 4.27. The molecule has 4 heteroatoms. The van der Waals surface area contributed by atoms with Crippen LogP contribution in [0.2, 0.25) is 0 Å². The van der Waals surface area contributed by atoms with Crippen molar-refractivity contribution in [2.45, 2.75) is 9.79 Å². The fourth-order valence-corrected chi connectivity index (χ4v) is 3.61. The van der Waals surface area contributed by atoms with Crippen molar-refractivity contribution in [1.82, 2.24) is 0 Å². The van der Waals surface area contributed by atoms with Crippen molar-refractivity contribution in [3.05, 3.63) is 35.0 Å². The summed E-state index contributed by atoms with van der Waals surface area (Å²) in [5, 5.41) is 4.35. The number of methoxy groups -OCH3 is 1. The number of hydrogen-bond donors (Lipinski definition) is 0. The predicted octanol–water partition coefficient (Wildman–Crippen LogP) is 3.97. The molecule has 0 saturated heterocycles. The monoisotopic (exact) mass is 265 g/mol. The van der Waals surface area contributed by atoms with Gasteiger partial charge in [0.1, 0.15) is 5.75 Å². The first-order valence-corrected chi connectivity index (χ1v) is 7.02. The molecule has 1 aromatic carbocycles. The lowest BCUT2D eigenvalue weighted by Gasteiger charge is -2.12. The van der Waals surface area contributed by atoms with Gasteiger partial charge < -0.3 is 9.64 Å². The van der Waals surface area contributed by atoms with Gasteiger partial charge in [-0.2, -0.15) is 0 Å². The second-order valence-electron chi connectivity index (χ2n) is 3.80. The van der Waals surface area contributed by atoms with E-state index in [1.54, 1.807) is 30.2 Å². The van der Waals surface area contributed by atoms with E-state index in [0.717, 1.165) is 5.75 Å². The van der Waals surface area contributed by atoms with Crippen LogP contribution >= 0.6 is 23.1 Å². The number of hydrogen-bond acceptors (Lipinski definition) is 4. The van der Waals surface area contributed by atoms with E-state index in [4.69, 9.17) is 4.74 Å². The van der Waals surface area contributed by atoms with Crippen LogP contribution < -0.4 is 9.64 Å². The summed E-state index contributed by atoms with van der Waals surface area (Å²) in [6.07, 6.45) is 0. The van der Waals surface area contributed by atoms with Gasteiger partial charge in [-0.25, -0.2) is 0 Å². The molecule has 0 unspecified atom stereocenters. The molecule has 1 heterocycles.